The highest BCUT2D eigenvalue weighted by molar-refractivity contribution is 5.77. The molecule has 142 valence electrons. The van der Waals surface area contributed by atoms with Crippen molar-refractivity contribution in [3.63, 3.8) is 0 Å². The highest BCUT2D eigenvalue weighted by Crippen LogP contribution is 2.33. The quantitative estimate of drug-likeness (QED) is 0.573. The molecule has 2 aromatic heterocycles. The number of fused-ring (bicyclic) bond motifs is 1. The third kappa shape index (κ3) is 3.44. The topological polar surface area (TPSA) is 75.5 Å². The minimum absolute atomic E-state index is 0.111. The zero-order chi connectivity index (χ0) is 18.9. The summed E-state index contributed by atoms with van der Waals surface area (Å²) in [6.07, 6.45) is 0.787. The van der Waals surface area contributed by atoms with Crippen LogP contribution in [0.25, 0.3) is 11.0 Å². The Balaban J connectivity index is 1.34. The van der Waals surface area contributed by atoms with Crippen LogP contribution in [0.15, 0.2) is 69.6 Å². The first-order valence-corrected chi connectivity index (χ1v) is 9.50. The van der Waals surface area contributed by atoms with E-state index < -0.39 is 6.10 Å². The summed E-state index contributed by atoms with van der Waals surface area (Å²) in [5, 5.41) is 15.4. The number of hydrogen-bond acceptors (Lipinski definition) is 6. The van der Waals surface area contributed by atoms with E-state index in [1.807, 2.05) is 60.7 Å². The van der Waals surface area contributed by atoms with Crippen molar-refractivity contribution in [2.45, 2.75) is 31.5 Å². The monoisotopic (exact) mass is 375 g/mol. The number of likely N-dealkylation sites (tertiary alicyclic amines) is 1. The van der Waals surface area contributed by atoms with E-state index in [1.165, 1.54) is 0 Å². The average Bonchev–Trinajstić information content (AvgIpc) is 3.41. The van der Waals surface area contributed by atoms with Crippen LogP contribution >= 0.6 is 0 Å². The number of aromatic nitrogens is 2. The van der Waals surface area contributed by atoms with Crippen LogP contribution in [0.3, 0.4) is 0 Å². The fourth-order valence-corrected chi connectivity index (χ4v) is 3.88. The average molecular weight is 375 g/mol. The summed E-state index contributed by atoms with van der Waals surface area (Å²) in [5.74, 6) is 2.08. The standard InChI is InChI=1S/C22H21N3O3/c26-17-12-19(22-23-21(24-28-22)10-15-6-2-1-3-7-15)25(13-17)14-18-11-16-8-4-5-9-20(16)27-18/h1-9,11,17,19,26H,10,12-14H2/t17-,19+/m1/s1. The molecule has 0 spiro atoms. The molecular formula is C22H21N3O3. The van der Waals surface area contributed by atoms with Gasteiger partial charge >= 0.3 is 0 Å². The maximum Gasteiger partial charge on any atom is 0.244 e. The molecule has 0 amide bonds. The molecule has 0 unspecified atom stereocenters. The summed E-state index contributed by atoms with van der Waals surface area (Å²) in [7, 11) is 0. The molecule has 0 radical (unpaired) electrons. The first-order chi connectivity index (χ1) is 13.7. The number of furan rings is 1. The maximum absolute atomic E-state index is 10.2. The summed E-state index contributed by atoms with van der Waals surface area (Å²) in [6, 6.07) is 20.0. The first kappa shape index (κ1) is 17.2. The molecule has 0 aliphatic carbocycles. The number of nitrogens with zero attached hydrogens (tertiary/aromatic N) is 3. The molecule has 0 saturated carbocycles. The Kier molecular flexibility index (Phi) is 4.43. The molecule has 4 aromatic rings. The molecule has 1 fully saturated rings. The summed E-state index contributed by atoms with van der Waals surface area (Å²) in [6.45, 7) is 1.14. The number of aliphatic hydroxyl groups excluding tert-OH is 1. The lowest BCUT2D eigenvalue weighted by molar-refractivity contribution is 0.164. The van der Waals surface area contributed by atoms with Crippen molar-refractivity contribution >= 4 is 11.0 Å². The largest absolute Gasteiger partial charge is 0.460 e. The van der Waals surface area contributed by atoms with Gasteiger partial charge in [0, 0.05) is 18.4 Å². The van der Waals surface area contributed by atoms with Crippen molar-refractivity contribution in [2.75, 3.05) is 6.54 Å². The lowest BCUT2D eigenvalue weighted by Crippen LogP contribution is -2.24. The van der Waals surface area contributed by atoms with E-state index in [4.69, 9.17) is 8.94 Å². The second-order valence-electron chi connectivity index (χ2n) is 7.30. The van der Waals surface area contributed by atoms with Crippen molar-refractivity contribution in [2.24, 2.45) is 0 Å². The second-order valence-corrected chi connectivity index (χ2v) is 7.30. The predicted molar refractivity (Wildman–Crippen MR) is 104 cm³/mol. The Hall–Kier alpha value is -2.96. The molecule has 2 atom stereocenters. The van der Waals surface area contributed by atoms with Gasteiger partial charge in [0.2, 0.25) is 5.89 Å². The Morgan fingerprint density at radius 2 is 1.89 bits per heavy atom. The van der Waals surface area contributed by atoms with Gasteiger partial charge in [0.15, 0.2) is 5.82 Å². The Bertz CT molecular complexity index is 1040. The van der Waals surface area contributed by atoms with Crippen LogP contribution in [0.4, 0.5) is 0 Å². The van der Waals surface area contributed by atoms with Gasteiger partial charge < -0.3 is 14.0 Å². The smallest absolute Gasteiger partial charge is 0.244 e. The van der Waals surface area contributed by atoms with Crippen LogP contribution in [0.5, 0.6) is 0 Å². The van der Waals surface area contributed by atoms with Crippen LogP contribution in [-0.4, -0.2) is 32.8 Å². The molecule has 6 heteroatoms. The Morgan fingerprint density at radius 3 is 2.75 bits per heavy atom. The van der Waals surface area contributed by atoms with Crippen molar-refractivity contribution < 1.29 is 14.0 Å². The number of aliphatic hydroxyl groups is 1. The van der Waals surface area contributed by atoms with E-state index >= 15 is 0 Å². The van der Waals surface area contributed by atoms with Gasteiger partial charge in [-0.3, -0.25) is 4.90 Å². The van der Waals surface area contributed by atoms with Gasteiger partial charge in [-0.25, -0.2) is 0 Å². The van der Waals surface area contributed by atoms with Crippen molar-refractivity contribution in [1.29, 1.82) is 0 Å². The van der Waals surface area contributed by atoms with Crippen molar-refractivity contribution in [3.05, 3.63) is 83.7 Å². The van der Waals surface area contributed by atoms with E-state index in [9.17, 15) is 5.11 Å². The molecule has 1 aliphatic rings. The van der Waals surface area contributed by atoms with Crippen LogP contribution in [0.2, 0.25) is 0 Å². The van der Waals surface area contributed by atoms with Crippen LogP contribution in [-0.2, 0) is 13.0 Å². The fraction of sp³-hybridized carbons (Fsp3) is 0.273. The fourth-order valence-electron chi connectivity index (χ4n) is 3.88. The van der Waals surface area contributed by atoms with E-state index in [0.29, 0.717) is 37.6 Å². The molecule has 1 N–H and O–H groups in total. The third-order valence-electron chi connectivity index (χ3n) is 5.19. The highest BCUT2D eigenvalue weighted by atomic mass is 16.5. The second kappa shape index (κ2) is 7.22. The van der Waals surface area contributed by atoms with Crippen LogP contribution < -0.4 is 0 Å². The minimum Gasteiger partial charge on any atom is -0.460 e. The molecule has 1 saturated heterocycles. The van der Waals surface area contributed by atoms with Gasteiger partial charge in [-0.05, 0) is 24.1 Å². The minimum atomic E-state index is -0.418. The van der Waals surface area contributed by atoms with Gasteiger partial charge in [-0.2, -0.15) is 4.98 Å². The van der Waals surface area contributed by atoms with Gasteiger partial charge in [-0.1, -0.05) is 53.7 Å². The number of rotatable bonds is 5. The SMILES string of the molecule is O[C@@H]1C[C@@H](c2nc(Cc3ccccc3)no2)N(Cc2cc3ccccc3o2)C1. The molecule has 3 heterocycles. The van der Waals surface area contributed by atoms with Gasteiger partial charge in [0.25, 0.3) is 0 Å². The summed E-state index contributed by atoms with van der Waals surface area (Å²) in [5.41, 5.74) is 2.01. The van der Waals surface area contributed by atoms with Gasteiger partial charge in [-0.15, -0.1) is 0 Å². The van der Waals surface area contributed by atoms with Gasteiger partial charge in [0.1, 0.15) is 11.3 Å². The highest BCUT2D eigenvalue weighted by Gasteiger charge is 2.36. The molecular weight excluding hydrogens is 354 g/mol. The Labute approximate surface area is 162 Å². The normalized spacial score (nSPS) is 20.2. The number of para-hydroxylation sites is 1. The molecule has 1 aliphatic heterocycles. The predicted octanol–water partition coefficient (Wildman–Crippen LogP) is 3.71. The summed E-state index contributed by atoms with van der Waals surface area (Å²) in [4.78, 5) is 6.74. The molecule has 2 aromatic carbocycles. The van der Waals surface area contributed by atoms with E-state index in [-0.39, 0.29) is 6.04 Å². The van der Waals surface area contributed by atoms with E-state index in [1.54, 1.807) is 0 Å². The van der Waals surface area contributed by atoms with E-state index in [0.717, 1.165) is 22.3 Å². The third-order valence-corrected chi connectivity index (χ3v) is 5.19. The lowest BCUT2D eigenvalue weighted by atomic mass is 10.1. The zero-order valence-corrected chi connectivity index (χ0v) is 15.4. The van der Waals surface area contributed by atoms with Crippen molar-refractivity contribution in [3.8, 4) is 0 Å². The van der Waals surface area contributed by atoms with Crippen molar-refractivity contribution in [1.82, 2.24) is 15.0 Å². The molecule has 5 rings (SSSR count). The molecule has 6 nitrogen and oxygen atoms in total. The van der Waals surface area contributed by atoms with Gasteiger partial charge in [0.05, 0.1) is 18.7 Å². The van der Waals surface area contributed by atoms with Crippen LogP contribution in [0.1, 0.15) is 35.5 Å². The number of β-amino-alcohol motifs (C(OH)–C–C–N with tert-alkyl or cyclic N) is 1. The Morgan fingerprint density at radius 1 is 1.07 bits per heavy atom. The lowest BCUT2D eigenvalue weighted by Gasteiger charge is -2.19. The molecule has 0 bridgehead atoms. The molecule has 28 heavy (non-hydrogen) atoms. The van der Waals surface area contributed by atoms with Crippen LogP contribution in [0, 0.1) is 0 Å². The first-order valence-electron chi connectivity index (χ1n) is 9.50. The maximum atomic E-state index is 10.2. The zero-order valence-electron chi connectivity index (χ0n) is 15.4. The number of benzene rings is 2. The summed E-state index contributed by atoms with van der Waals surface area (Å²) >= 11 is 0. The van der Waals surface area contributed by atoms with E-state index in [2.05, 4.69) is 15.0 Å². The summed E-state index contributed by atoms with van der Waals surface area (Å²) < 4.78 is 11.5. The number of hydrogen-bond donors (Lipinski definition) is 1.